The zero-order valence-corrected chi connectivity index (χ0v) is 19.8. The van der Waals surface area contributed by atoms with Crippen molar-refractivity contribution in [1.29, 1.82) is 0 Å². The Labute approximate surface area is 191 Å². The van der Waals surface area contributed by atoms with Crippen molar-refractivity contribution in [2.45, 2.75) is 65.1 Å². The molecular weight excluding hydrogens is 400 g/mol. The van der Waals surface area contributed by atoms with Gasteiger partial charge in [0.2, 0.25) is 5.91 Å². The Balaban J connectivity index is 1.47. The average molecular weight is 439 g/mol. The second kappa shape index (κ2) is 10.1. The molecule has 1 saturated heterocycles. The quantitative estimate of drug-likeness (QED) is 0.690. The summed E-state index contributed by atoms with van der Waals surface area (Å²) in [6, 6.07) is 8.23. The van der Waals surface area contributed by atoms with Crippen LogP contribution >= 0.6 is 0 Å². The number of fused-ring (bicyclic) bond motifs is 1. The van der Waals surface area contributed by atoms with Crippen molar-refractivity contribution in [3.63, 3.8) is 0 Å². The van der Waals surface area contributed by atoms with E-state index in [1.807, 2.05) is 38.1 Å². The van der Waals surface area contributed by atoms with Crippen LogP contribution in [0.15, 0.2) is 24.3 Å². The Morgan fingerprint density at radius 2 is 1.84 bits per heavy atom. The molecule has 2 aromatic rings. The minimum Gasteiger partial charge on any atom is -0.368 e. The van der Waals surface area contributed by atoms with Gasteiger partial charge < -0.3 is 11.1 Å². The van der Waals surface area contributed by atoms with Gasteiger partial charge in [0.25, 0.3) is 0 Å². The maximum Gasteiger partial charge on any atom is 0.240 e. The normalized spacial score (nSPS) is 24.0. The summed E-state index contributed by atoms with van der Waals surface area (Å²) in [6.45, 7) is 11.4. The number of hydrogen-bond acceptors (Lipinski definition) is 6. The predicted molar refractivity (Wildman–Crippen MR) is 129 cm³/mol. The van der Waals surface area contributed by atoms with Gasteiger partial charge in [-0.25, -0.2) is 9.97 Å². The highest BCUT2D eigenvalue weighted by molar-refractivity contribution is 5.91. The van der Waals surface area contributed by atoms with Gasteiger partial charge in [-0.15, -0.1) is 0 Å². The molecule has 2 heterocycles. The maximum absolute atomic E-state index is 12.0. The fourth-order valence-corrected chi connectivity index (χ4v) is 5.31. The SMILES string of the molecule is CC1CCCCC1N1CCN(Cc2nc(N[C@H](C(N)=O)C(C)C)c3ccccc3n2)CC1. The number of nitrogens with zero attached hydrogens (tertiary/aromatic N) is 4. The summed E-state index contributed by atoms with van der Waals surface area (Å²) < 4.78 is 0. The molecule has 2 aliphatic rings. The number of hydrogen-bond donors (Lipinski definition) is 2. The van der Waals surface area contributed by atoms with Crippen LogP contribution in [0.1, 0.15) is 52.3 Å². The first-order valence-corrected chi connectivity index (χ1v) is 12.2. The number of aromatic nitrogens is 2. The number of anilines is 1. The van der Waals surface area contributed by atoms with Gasteiger partial charge >= 0.3 is 0 Å². The maximum atomic E-state index is 12.0. The molecular formula is C25H38N6O. The van der Waals surface area contributed by atoms with E-state index >= 15 is 0 Å². The highest BCUT2D eigenvalue weighted by atomic mass is 16.1. The van der Waals surface area contributed by atoms with Crippen LogP contribution in [-0.4, -0.2) is 63.9 Å². The lowest BCUT2D eigenvalue weighted by atomic mass is 9.84. The number of rotatable bonds is 7. The topological polar surface area (TPSA) is 87.4 Å². The first-order chi connectivity index (χ1) is 15.4. The van der Waals surface area contributed by atoms with E-state index in [0.29, 0.717) is 5.82 Å². The van der Waals surface area contributed by atoms with Crippen LogP contribution in [0.5, 0.6) is 0 Å². The summed E-state index contributed by atoms with van der Waals surface area (Å²) in [6.07, 6.45) is 5.48. The number of amides is 1. The van der Waals surface area contributed by atoms with Crippen LogP contribution in [0.3, 0.4) is 0 Å². The molecule has 1 aliphatic carbocycles. The summed E-state index contributed by atoms with van der Waals surface area (Å²) in [5.74, 6) is 2.00. The van der Waals surface area contributed by atoms with Crippen molar-refractivity contribution in [3.05, 3.63) is 30.1 Å². The van der Waals surface area contributed by atoms with Gasteiger partial charge in [0.05, 0.1) is 12.1 Å². The highest BCUT2D eigenvalue weighted by Crippen LogP contribution is 2.29. The molecule has 0 radical (unpaired) electrons. The second-order valence-electron chi connectivity index (χ2n) is 9.92. The molecule has 1 saturated carbocycles. The lowest BCUT2D eigenvalue weighted by Crippen LogP contribution is -2.52. The summed E-state index contributed by atoms with van der Waals surface area (Å²) in [4.78, 5) is 26.8. The van der Waals surface area contributed by atoms with E-state index in [-0.39, 0.29) is 11.8 Å². The van der Waals surface area contributed by atoms with Gasteiger partial charge in [0.15, 0.2) is 0 Å². The smallest absolute Gasteiger partial charge is 0.240 e. The van der Waals surface area contributed by atoms with E-state index in [4.69, 9.17) is 15.7 Å². The third-order valence-corrected chi connectivity index (χ3v) is 7.22. The van der Waals surface area contributed by atoms with Crippen LogP contribution in [0, 0.1) is 11.8 Å². The number of primary amides is 1. The molecule has 1 amide bonds. The van der Waals surface area contributed by atoms with E-state index < -0.39 is 6.04 Å². The number of nitrogens with one attached hydrogen (secondary N) is 1. The van der Waals surface area contributed by atoms with Crippen molar-refractivity contribution < 1.29 is 4.79 Å². The minimum absolute atomic E-state index is 0.0694. The molecule has 7 nitrogen and oxygen atoms in total. The van der Waals surface area contributed by atoms with E-state index in [0.717, 1.165) is 61.4 Å². The first-order valence-electron chi connectivity index (χ1n) is 12.2. The van der Waals surface area contributed by atoms with Gasteiger partial charge in [-0.2, -0.15) is 0 Å². The van der Waals surface area contributed by atoms with Crippen molar-refractivity contribution in [2.24, 2.45) is 17.6 Å². The monoisotopic (exact) mass is 438 g/mol. The van der Waals surface area contributed by atoms with Gasteiger partial charge in [0.1, 0.15) is 17.7 Å². The van der Waals surface area contributed by atoms with Gasteiger partial charge in [0, 0.05) is 37.6 Å². The highest BCUT2D eigenvalue weighted by Gasteiger charge is 2.30. The largest absolute Gasteiger partial charge is 0.368 e. The third-order valence-electron chi connectivity index (χ3n) is 7.22. The van der Waals surface area contributed by atoms with Crippen LogP contribution in [0.2, 0.25) is 0 Å². The van der Waals surface area contributed by atoms with Crippen molar-refractivity contribution in [1.82, 2.24) is 19.8 Å². The summed E-state index contributed by atoms with van der Waals surface area (Å²) >= 11 is 0. The first kappa shape index (κ1) is 22.9. The standard InChI is InChI=1S/C25H38N6O/c1-17(2)23(24(26)32)29-25-19-9-5-6-10-20(19)27-22(28-25)16-30-12-14-31(15-13-30)21-11-7-4-8-18(21)3/h5-6,9-10,17-18,21,23H,4,7-8,11-16H2,1-3H3,(H2,26,32)(H,27,28,29)/t18?,21?,23-/m0/s1. The molecule has 174 valence electrons. The average Bonchev–Trinajstić information content (AvgIpc) is 2.78. The molecule has 0 bridgehead atoms. The summed E-state index contributed by atoms with van der Waals surface area (Å²) in [5.41, 5.74) is 6.53. The molecule has 0 spiro atoms. The van der Waals surface area contributed by atoms with Crippen LogP contribution in [0.4, 0.5) is 5.82 Å². The lowest BCUT2D eigenvalue weighted by Gasteiger charge is -2.43. The van der Waals surface area contributed by atoms with E-state index in [1.165, 1.54) is 25.7 Å². The Morgan fingerprint density at radius 1 is 1.12 bits per heavy atom. The molecule has 3 atom stereocenters. The number of benzene rings is 1. The third kappa shape index (κ3) is 5.21. The van der Waals surface area contributed by atoms with Crippen LogP contribution < -0.4 is 11.1 Å². The van der Waals surface area contributed by atoms with Crippen LogP contribution in [-0.2, 0) is 11.3 Å². The molecule has 1 aromatic carbocycles. The minimum atomic E-state index is -0.470. The molecule has 4 rings (SSSR count). The van der Waals surface area contributed by atoms with E-state index in [2.05, 4.69) is 22.0 Å². The number of para-hydroxylation sites is 1. The molecule has 1 aliphatic heterocycles. The summed E-state index contributed by atoms with van der Waals surface area (Å²) in [5, 5.41) is 4.22. The fourth-order valence-electron chi connectivity index (χ4n) is 5.31. The van der Waals surface area contributed by atoms with Crippen molar-refractivity contribution >= 4 is 22.6 Å². The number of nitrogens with two attached hydrogens (primary N) is 1. The number of piperazine rings is 1. The Hall–Kier alpha value is -2.25. The molecule has 3 N–H and O–H groups in total. The second-order valence-corrected chi connectivity index (χ2v) is 9.92. The zero-order valence-electron chi connectivity index (χ0n) is 19.8. The van der Waals surface area contributed by atoms with E-state index in [9.17, 15) is 4.79 Å². The number of carbonyl (C=O) groups is 1. The Kier molecular flexibility index (Phi) is 7.26. The number of carbonyl (C=O) groups excluding carboxylic acids is 1. The van der Waals surface area contributed by atoms with Gasteiger partial charge in [-0.05, 0) is 36.8 Å². The van der Waals surface area contributed by atoms with Gasteiger partial charge in [-0.1, -0.05) is 45.7 Å². The molecule has 2 unspecified atom stereocenters. The predicted octanol–water partition coefficient (Wildman–Crippen LogP) is 3.25. The molecule has 7 heteroatoms. The fraction of sp³-hybridized carbons (Fsp3) is 0.640. The Morgan fingerprint density at radius 3 is 2.53 bits per heavy atom. The Bertz CT molecular complexity index is 924. The zero-order chi connectivity index (χ0) is 22.7. The van der Waals surface area contributed by atoms with Crippen molar-refractivity contribution in [2.75, 3.05) is 31.5 Å². The molecule has 32 heavy (non-hydrogen) atoms. The van der Waals surface area contributed by atoms with E-state index in [1.54, 1.807) is 0 Å². The molecule has 2 fully saturated rings. The van der Waals surface area contributed by atoms with Crippen LogP contribution in [0.25, 0.3) is 10.9 Å². The van der Waals surface area contributed by atoms with Crippen molar-refractivity contribution in [3.8, 4) is 0 Å². The summed E-state index contributed by atoms with van der Waals surface area (Å²) in [7, 11) is 0. The lowest BCUT2D eigenvalue weighted by molar-refractivity contribution is -0.119. The van der Waals surface area contributed by atoms with Gasteiger partial charge in [-0.3, -0.25) is 14.6 Å². The molecule has 1 aromatic heterocycles.